The molecule has 0 aliphatic carbocycles. The zero-order valence-corrected chi connectivity index (χ0v) is 21.0. The molecule has 0 fully saturated rings. The van der Waals surface area contributed by atoms with Crippen LogP contribution in [0.2, 0.25) is 0 Å². The minimum Gasteiger partial charge on any atom is -0.475 e. The predicted molar refractivity (Wildman–Crippen MR) is 134 cm³/mol. The van der Waals surface area contributed by atoms with Crippen molar-refractivity contribution < 1.29 is 41.4 Å². The third kappa shape index (κ3) is 7.37. The van der Waals surface area contributed by atoms with E-state index in [-0.39, 0.29) is 27.8 Å². The number of imidazole rings is 1. The largest absolute Gasteiger partial charge is 0.490 e. The molecule has 2 aromatic heterocycles. The number of aromatic amines is 1. The number of nitrogens with one attached hydrogen (secondary N) is 3. The van der Waals surface area contributed by atoms with Crippen molar-refractivity contribution in [1.82, 2.24) is 20.3 Å². The fourth-order valence-electron chi connectivity index (χ4n) is 3.07. The summed E-state index contributed by atoms with van der Waals surface area (Å²) in [6, 6.07) is 9.45. The third-order valence-electron chi connectivity index (χ3n) is 5.00. The molecule has 2 aromatic carbocycles. The number of carbonyl (C=O) groups excluding carboxylic acids is 2. The van der Waals surface area contributed by atoms with Crippen LogP contribution in [-0.2, 0) is 4.79 Å². The van der Waals surface area contributed by atoms with E-state index in [0.717, 1.165) is 23.5 Å². The van der Waals surface area contributed by atoms with Gasteiger partial charge in [0.1, 0.15) is 22.3 Å². The van der Waals surface area contributed by atoms with Gasteiger partial charge in [-0.15, -0.1) is 0 Å². The number of alkyl halides is 3. The second-order valence-electron chi connectivity index (χ2n) is 7.85. The third-order valence-corrected chi connectivity index (χ3v) is 5.99. The van der Waals surface area contributed by atoms with Crippen LogP contribution in [0.3, 0.4) is 0 Å². The van der Waals surface area contributed by atoms with Gasteiger partial charge < -0.3 is 26.5 Å². The summed E-state index contributed by atoms with van der Waals surface area (Å²) in [5.41, 5.74) is 6.86. The first-order valence-electron chi connectivity index (χ1n) is 11.0. The Morgan fingerprint density at radius 3 is 2.20 bits per heavy atom. The van der Waals surface area contributed by atoms with E-state index in [1.54, 1.807) is 30.5 Å². The number of halogens is 5. The van der Waals surface area contributed by atoms with E-state index in [1.807, 2.05) is 6.92 Å². The molecule has 0 radical (unpaired) electrons. The molecule has 1 amide bonds. The minimum absolute atomic E-state index is 0.0788. The number of ketones is 1. The summed E-state index contributed by atoms with van der Waals surface area (Å²) in [6.45, 7) is 1.82. The first kappa shape index (κ1) is 29.7. The maximum atomic E-state index is 14.0. The molecule has 2 heterocycles. The number of carbonyl (C=O) groups is 3. The normalized spacial score (nSPS) is 11.7. The molecule has 0 bridgehead atoms. The van der Waals surface area contributed by atoms with Crippen molar-refractivity contribution in [2.75, 3.05) is 11.1 Å². The molecule has 40 heavy (non-hydrogen) atoms. The van der Waals surface area contributed by atoms with E-state index < -0.39 is 35.1 Å². The number of carboxylic acids is 1. The minimum atomic E-state index is -5.08. The lowest BCUT2D eigenvalue weighted by Gasteiger charge is -2.12. The van der Waals surface area contributed by atoms with Crippen molar-refractivity contribution in [1.29, 1.82) is 0 Å². The van der Waals surface area contributed by atoms with Crippen LogP contribution in [0.25, 0.3) is 0 Å². The molecule has 1 unspecified atom stereocenters. The van der Waals surface area contributed by atoms with Crippen LogP contribution in [0, 0.1) is 11.6 Å². The molecule has 0 aliphatic rings. The Morgan fingerprint density at radius 1 is 1.07 bits per heavy atom. The first-order chi connectivity index (χ1) is 18.8. The van der Waals surface area contributed by atoms with E-state index in [0.29, 0.717) is 16.9 Å². The zero-order valence-electron chi connectivity index (χ0n) is 20.2. The van der Waals surface area contributed by atoms with Gasteiger partial charge in [0.25, 0.3) is 5.91 Å². The predicted octanol–water partition coefficient (Wildman–Crippen LogP) is 4.83. The molecule has 10 nitrogen and oxygen atoms in total. The number of rotatable bonds is 7. The molecule has 0 spiro atoms. The second-order valence-corrected chi connectivity index (χ2v) is 8.85. The molecule has 1 atom stereocenters. The van der Waals surface area contributed by atoms with Gasteiger partial charge >= 0.3 is 12.1 Å². The summed E-state index contributed by atoms with van der Waals surface area (Å²) in [7, 11) is 0. The van der Waals surface area contributed by atoms with Crippen LogP contribution >= 0.6 is 11.3 Å². The van der Waals surface area contributed by atoms with Gasteiger partial charge in [0.05, 0.1) is 23.6 Å². The number of anilines is 3. The average molecular weight is 583 g/mol. The molecule has 0 saturated heterocycles. The van der Waals surface area contributed by atoms with Crippen LogP contribution in [0.15, 0.2) is 55.0 Å². The molecule has 6 N–H and O–H groups in total. The van der Waals surface area contributed by atoms with E-state index in [4.69, 9.17) is 15.6 Å². The molecule has 210 valence electrons. The highest BCUT2D eigenvalue weighted by molar-refractivity contribution is 7.18. The van der Waals surface area contributed by atoms with Crippen LogP contribution in [0.4, 0.5) is 38.6 Å². The zero-order chi connectivity index (χ0) is 29.6. The summed E-state index contributed by atoms with van der Waals surface area (Å²) in [5, 5.41) is 13.2. The van der Waals surface area contributed by atoms with Gasteiger partial charge in [0, 0.05) is 17.4 Å². The van der Waals surface area contributed by atoms with Crippen LogP contribution in [0.1, 0.15) is 44.3 Å². The average Bonchev–Trinajstić information content (AvgIpc) is 3.54. The highest BCUT2D eigenvalue weighted by atomic mass is 32.1. The first-order valence-corrected chi connectivity index (χ1v) is 11.8. The lowest BCUT2D eigenvalue weighted by molar-refractivity contribution is -0.192. The van der Waals surface area contributed by atoms with Gasteiger partial charge in [-0.1, -0.05) is 17.4 Å². The van der Waals surface area contributed by atoms with Crippen molar-refractivity contribution in [2.45, 2.75) is 19.1 Å². The lowest BCUT2D eigenvalue weighted by atomic mass is 10.1. The summed E-state index contributed by atoms with van der Waals surface area (Å²) in [6.07, 6.45) is -1.84. The monoisotopic (exact) mass is 582 g/mol. The SMILES string of the molecule is CC(NC(=O)c1ccc(Nc2nc(N)c(C(=O)c3c(F)cccc3F)s2)cc1)c1c[nH]cn1.O=C(O)C(F)(F)F. The quantitative estimate of drug-likeness (QED) is 0.153. The number of nitrogen functional groups attached to an aromatic ring is 1. The molecule has 4 rings (SSSR count). The van der Waals surface area contributed by atoms with Gasteiger partial charge in [0.15, 0.2) is 5.13 Å². The standard InChI is InChI=1S/C22H18F2N6O2S.C2HF3O2/c1-11(16-9-26-10-27-16)28-21(32)12-5-7-13(8-6-12)29-22-30-20(25)19(33-22)18(31)17-14(23)3-2-4-15(17)24;3-2(4,5)1(6)7/h2-11H,25H2,1H3,(H,26,27)(H,28,32)(H,29,30);(H,6,7). The second kappa shape index (κ2) is 12.3. The summed E-state index contributed by atoms with van der Waals surface area (Å²) >= 11 is 0.873. The molecule has 4 aromatic rings. The number of aliphatic carboxylic acids is 1. The van der Waals surface area contributed by atoms with Gasteiger partial charge in [-0.05, 0) is 43.3 Å². The number of amides is 1. The van der Waals surface area contributed by atoms with E-state index in [9.17, 15) is 31.5 Å². The van der Waals surface area contributed by atoms with Gasteiger partial charge in [-0.3, -0.25) is 9.59 Å². The maximum Gasteiger partial charge on any atom is 0.490 e. The highest BCUT2D eigenvalue weighted by Gasteiger charge is 2.38. The van der Waals surface area contributed by atoms with Gasteiger partial charge in [0.2, 0.25) is 5.78 Å². The highest BCUT2D eigenvalue weighted by Crippen LogP contribution is 2.31. The van der Waals surface area contributed by atoms with Gasteiger partial charge in [-0.25, -0.2) is 23.5 Å². The maximum absolute atomic E-state index is 14.0. The summed E-state index contributed by atoms with van der Waals surface area (Å²) < 4.78 is 59.7. The topological polar surface area (TPSA) is 163 Å². The number of hydrogen-bond donors (Lipinski definition) is 5. The Hall–Kier alpha value is -4.86. The number of nitrogens with zero attached hydrogens (tertiary/aromatic N) is 2. The number of thiazole rings is 1. The van der Waals surface area contributed by atoms with Crippen molar-refractivity contribution in [2.24, 2.45) is 0 Å². The van der Waals surface area contributed by atoms with Gasteiger partial charge in [-0.2, -0.15) is 13.2 Å². The smallest absolute Gasteiger partial charge is 0.475 e. The Balaban J connectivity index is 0.000000559. The Kier molecular flexibility index (Phi) is 9.15. The van der Waals surface area contributed by atoms with Crippen LogP contribution < -0.4 is 16.4 Å². The molecule has 0 aliphatic heterocycles. The van der Waals surface area contributed by atoms with Crippen molar-refractivity contribution in [3.05, 3.63) is 88.3 Å². The summed E-state index contributed by atoms with van der Waals surface area (Å²) in [4.78, 5) is 44.9. The van der Waals surface area contributed by atoms with Crippen LogP contribution in [0.5, 0.6) is 0 Å². The van der Waals surface area contributed by atoms with E-state index in [2.05, 4.69) is 25.6 Å². The molecular formula is C24H19F5N6O4S. The number of aromatic nitrogens is 3. The molecule has 0 saturated carbocycles. The van der Waals surface area contributed by atoms with Crippen LogP contribution in [-0.4, -0.2) is 43.9 Å². The molecular weight excluding hydrogens is 563 g/mol. The number of hydrogen-bond acceptors (Lipinski definition) is 8. The fraction of sp³-hybridized carbons (Fsp3) is 0.125. The number of carboxylic acid groups (broad SMARTS) is 1. The lowest BCUT2D eigenvalue weighted by Crippen LogP contribution is -2.26. The Labute approximate surface area is 226 Å². The number of H-pyrrole nitrogens is 1. The Morgan fingerprint density at radius 2 is 1.68 bits per heavy atom. The van der Waals surface area contributed by atoms with Crippen molar-refractivity contribution in [3.8, 4) is 0 Å². The number of nitrogens with two attached hydrogens (primary N) is 1. The van der Waals surface area contributed by atoms with E-state index >= 15 is 0 Å². The number of benzene rings is 2. The molecule has 16 heteroatoms. The van der Waals surface area contributed by atoms with Crippen molar-refractivity contribution in [3.63, 3.8) is 0 Å². The summed E-state index contributed by atoms with van der Waals surface area (Å²) in [5.74, 6) is -6.00. The fourth-order valence-corrected chi connectivity index (χ4v) is 3.92. The Bertz CT molecular complexity index is 1490. The van der Waals surface area contributed by atoms with Crippen molar-refractivity contribution >= 4 is 45.6 Å². The van der Waals surface area contributed by atoms with E-state index in [1.165, 1.54) is 12.4 Å².